The van der Waals surface area contributed by atoms with Gasteiger partial charge in [0.05, 0.1) is 12.2 Å². The molecule has 1 amide bonds. The van der Waals surface area contributed by atoms with E-state index in [-0.39, 0.29) is 25.3 Å². The third kappa shape index (κ3) is 4.88. The van der Waals surface area contributed by atoms with E-state index in [2.05, 4.69) is 0 Å². The summed E-state index contributed by atoms with van der Waals surface area (Å²) in [6, 6.07) is 8.21. The van der Waals surface area contributed by atoms with Crippen molar-refractivity contribution in [3.8, 4) is 0 Å². The van der Waals surface area contributed by atoms with Crippen LogP contribution in [0.15, 0.2) is 60.3 Å². The molecule has 4 rings (SSSR count). The summed E-state index contributed by atoms with van der Waals surface area (Å²) in [5.74, 6) is -3.96. The fourth-order valence-corrected chi connectivity index (χ4v) is 4.04. The molecule has 2 aliphatic heterocycles. The normalized spacial score (nSPS) is 21.1. The van der Waals surface area contributed by atoms with E-state index in [9.17, 15) is 42.2 Å². The molecular formula is C23H19F4N3O5. The molecule has 0 aliphatic carbocycles. The van der Waals surface area contributed by atoms with Gasteiger partial charge in [0.2, 0.25) is 5.78 Å². The Hall–Kier alpha value is -3.77. The van der Waals surface area contributed by atoms with Gasteiger partial charge in [0.25, 0.3) is 5.91 Å². The van der Waals surface area contributed by atoms with Crippen LogP contribution in [-0.2, 0) is 33.6 Å². The second-order valence-electron chi connectivity index (χ2n) is 8.15. The lowest BCUT2D eigenvalue weighted by Gasteiger charge is -2.50. The van der Waals surface area contributed by atoms with Crippen molar-refractivity contribution >= 4 is 17.7 Å². The molecule has 184 valence electrons. The maximum Gasteiger partial charge on any atom is 0.416 e. The summed E-state index contributed by atoms with van der Waals surface area (Å²) in [5, 5.41) is 22.4. The van der Waals surface area contributed by atoms with Crippen LogP contribution in [-0.4, -0.2) is 61.6 Å². The number of benzene rings is 2. The van der Waals surface area contributed by atoms with E-state index >= 15 is 0 Å². The Morgan fingerprint density at radius 3 is 2.34 bits per heavy atom. The van der Waals surface area contributed by atoms with Crippen LogP contribution in [0.3, 0.4) is 0 Å². The second kappa shape index (κ2) is 9.12. The molecule has 0 spiro atoms. The molecule has 0 saturated carbocycles. The number of carboxylic acids is 1. The minimum absolute atomic E-state index is 0.0427. The molecule has 0 bridgehead atoms. The van der Waals surface area contributed by atoms with Crippen molar-refractivity contribution in [1.29, 1.82) is 0 Å². The van der Waals surface area contributed by atoms with E-state index < -0.39 is 52.9 Å². The van der Waals surface area contributed by atoms with Crippen LogP contribution in [0.4, 0.5) is 17.6 Å². The number of ketones is 1. The van der Waals surface area contributed by atoms with Crippen LogP contribution in [0.1, 0.15) is 16.7 Å². The number of rotatable bonds is 5. The summed E-state index contributed by atoms with van der Waals surface area (Å²) in [4.78, 5) is 38.4. The molecule has 2 aromatic rings. The van der Waals surface area contributed by atoms with Gasteiger partial charge in [0.1, 0.15) is 17.5 Å². The lowest BCUT2D eigenvalue weighted by molar-refractivity contribution is -0.183. The minimum atomic E-state index is -4.59. The molecule has 2 N–H and O–H groups in total. The Balaban J connectivity index is 1.71. The van der Waals surface area contributed by atoms with Gasteiger partial charge in [0.15, 0.2) is 6.04 Å². The summed E-state index contributed by atoms with van der Waals surface area (Å²) in [6.45, 7) is -0.440. The number of nitrogens with zero attached hydrogens (tertiary/aromatic N) is 3. The number of hydrogen-bond donors (Lipinski definition) is 2. The zero-order valence-corrected chi connectivity index (χ0v) is 17.9. The molecule has 2 aliphatic rings. The number of aliphatic carboxylic acids is 1. The number of alkyl halides is 3. The van der Waals surface area contributed by atoms with E-state index in [0.717, 1.165) is 23.3 Å². The molecule has 0 radical (unpaired) electrons. The van der Waals surface area contributed by atoms with Crippen LogP contribution in [0, 0.1) is 5.82 Å². The smallest absolute Gasteiger partial charge is 0.416 e. The average molecular weight is 493 g/mol. The molecule has 0 aromatic heterocycles. The van der Waals surface area contributed by atoms with Crippen LogP contribution in [0.25, 0.3) is 0 Å². The summed E-state index contributed by atoms with van der Waals surface area (Å²) < 4.78 is 52.8. The number of aliphatic hydroxyl groups is 1. The maximum absolute atomic E-state index is 13.3. The number of hydrogen-bond acceptors (Lipinski definition) is 6. The lowest BCUT2D eigenvalue weighted by Crippen LogP contribution is -2.68. The van der Waals surface area contributed by atoms with Gasteiger partial charge in [-0.1, -0.05) is 30.3 Å². The third-order valence-electron chi connectivity index (χ3n) is 5.74. The van der Waals surface area contributed by atoms with Crippen molar-refractivity contribution in [1.82, 2.24) is 14.9 Å². The van der Waals surface area contributed by atoms with E-state index in [0.29, 0.717) is 5.56 Å². The highest BCUT2D eigenvalue weighted by atomic mass is 19.4. The number of halogens is 4. The second-order valence-corrected chi connectivity index (χ2v) is 8.15. The first-order valence-electron chi connectivity index (χ1n) is 10.4. The highest BCUT2D eigenvalue weighted by Gasteiger charge is 2.49. The number of Topliss-reactive ketones (excluding diaryl/α,β-unsaturated/α-hetero) is 1. The standard InChI is InChI=1S/C23H19F4N3O5/c24-16-6-4-13(5-7-16)9-28-12-29(10-14-2-1-3-15(8-14)23(25,26)27)30-11-17(22(34)35)19(31)20(32)18(30)21(28)33/h1-8,11,18,20,32H,9-10,12H2,(H,34,35). The summed E-state index contributed by atoms with van der Waals surface area (Å²) in [6.07, 6.45) is -5.70. The molecule has 12 heteroatoms. The van der Waals surface area contributed by atoms with Crippen molar-refractivity contribution in [3.05, 3.63) is 82.8 Å². The summed E-state index contributed by atoms with van der Waals surface area (Å²) in [5.41, 5.74) is -0.919. The Morgan fingerprint density at radius 1 is 1.03 bits per heavy atom. The van der Waals surface area contributed by atoms with Crippen LogP contribution in [0.5, 0.6) is 0 Å². The SMILES string of the molecule is O=C(O)C1=CN2C(C(=O)N(Cc3ccc(F)cc3)CN2Cc2cccc(C(F)(F)F)c2)C(O)C1=O. The number of carbonyl (C=O) groups is 3. The van der Waals surface area contributed by atoms with Crippen LogP contribution < -0.4 is 0 Å². The number of aliphatic hydroxyl groups excluding tert-OH is 1. The van der Waals surface area contributed by atoms with Gasteiger partial charge in [-0.15, -0.1) is 0 Å². The summed E-state index contributed by atoms with van der Waals surface area (Å²) >= 11 is 0. The number of fused-ring (bicyclic) bond motifs is 1. The maximum atomic E-state index is 13.3. The molecular weight excluding hydrogens is 474 g/mol. The van der Waals surface area contributed by atoms with E-state index in [1.165, 1.54) is 46.3 Å². The lowest BCUT2D eigenvalue weighted by atomic mass is 9.94. The molecule has 2 atom stereocenters. The monoisotopic (exact) mass is 493 g/mol. The number of carbonyl (C=O) groups excluding carboxylic acids is 2. The topological polar surface area (TPSA) is 101 Å². The van der Waals surface area contributed by atoms with Gasteiger partial charge in [-0.25, -0.2) is 9.18 Å². The first kappa shape index (κ1) is 24.4. The molecule has 1 fully saturated rings. The predicted octanol–water partition coefficient (Wildman–Crippen LogP) is 2.14. The highest BCUT2D eigenvalue weighted by Crippen LogP contribution is 2.32. The van der Waals surface area contributed by atoms with Crippen LogP contribution in [0.2, 0.25) is 0 Å². The Kier molecular flexibility index (Phi) is 6.34. The average Bonchev–Trinajstić information content (AvgIpc) is 2.79. The first-order chi connectivity index (χ1) is 16.5. The zero-order chi connectivity index (χ0) is 25.5. The largest absolute Gasteiger partial charge is 0.478 e. The van der Waals surface area contributed by atoms with E-state index in [1.807, 2.05) is 0 Å². The zero-order valence-electron chi connectivity index (χ0n) is 17.9. The van der Waals surface area contributed by atoms with Gasteiger partial charge in [-0.2, -0.15) is 18.2 Å². The molecule has 2 heterocycles. The number of amides is 1. The Bertz CT molecular complexity index is 1200. The minimum Gasteiger partial charge on any atom is -0.478 e. The molecule has 8 nitrogen and oxygen atoms in total. The molecule has 2 aromatic carbocycles. The van der Waals surface area contributed by atoms with Crippen molar-refractivity contribution in [2.24, 2.45) is 0 Å². The molecule has 2 unspecified atom stereocenters. The van der Waals surface area contributed by atoms with Gasteiger partial charge < -0.3 is 15.1 Å². The highest BCUT2D eigenvalue weighted by molar-refractivity contribution is 6.20. The Labute approximate surface area is 196 Å². The van der Waals surface area contributed by atoms with Gasteiger partial charge >= 0.3 is 12.1 Å². The van der Waals surface area contributed by atoms with Crippen molar-refractivity contribution in [3.63, 3.8) is 0 Å². The van der Waals surface area contributed by atoms with Gasteiger partial charge in [0, 0.05) is 19.3 Å². The van der Waals surface area contributed by atoms with E-state index in [1.54, 1.807) is 0 Å². The predicted molar refractivity (Wildman–Crippen MR) is 111 cm³/mol. The van der Waals surface area contributed by atoms with Crippen LogP contribution >= 0.6 is 0 Å². The number of carboxylic acid groups (broad SMARTS) is 1. The fourth-order valence-electron chi connectivity index (χ4n) is 4.04. The molecule has 35 heavy (non-hydrogen) atoms. The quantitative estimate of drug-likeness (QED) is 0.486. The van der Waals surface area contributed by atoms with Crippen molar-refractivity contribution in [2.45, 2.75) is 31.4 Å². The number of hydrazine groups is 1. The van der Waals surface area contributed by atoms with E-state index in [4.69, 9.17) is 0 Å². The van der Waals surface area contributed by atoms with Gasteiger partial charge in [-0.05, 0) is 29.3 Å². The third-order valence-corrected chi connectivity index (χ3v) is 5.74. The first-order valence-corrected chi connectivity index (χ1v) is 10.4. The van der Waals surface area contributed by atoms with Crippen molar-refractivity contribution < 1.29 is 42.2 Å². The summed E-state index contributed by atoms with van der Waals surface area (Å²) in [7, 11) is 0. The Morgan fingerprint density at radius 2 is 1.71 bits per heavy atom. The molecule has 1 saturated heterocycles. The van der Waals surface area contributed by atoms with Crippen molar-refractivity contribution in [2.75, 3.05) is 6.67 Å². The fraction of sp³-hybridized carbons (Fsp3) is 0.261. The van der Waals surface area contributed by atoms with Gasteiger partial charge in [-0.3, -0.25) is 14.6 Å².